The van der Waals surface area contributed by atoms with E-state index in [0.29, 0.717) is 18.7 Å². The van der Waals surface area contributed by atoms with E-state index >= 15 is 0 Å². The quantitative estimate of drug-likeness (QED) is 0.769. The molecule has 0 spiro atoms. The van der Waals surface area contributed by atoms with Gasteiger partial charge < -0.3 is 9.88 Å². The normalized spacial score (nSPS) is 17.2. The number of carbonyl (C=O) groups is 1. The summed E-state index contributed by atoms with van der Waals surface area (Å²) in [5.74, 6) is 0.102. The predicted octanol–water partition coefficient (Wildman–Crippen LogP) is 1.37. The van der Waals surface area contributed by atoms with Crippen LogP contribution in [0.5, 0.6) is 0 Å². The highest BCUT2D eigenvalue weighted by Gasteiger charge is 2.26. The molecular weight excluding hydrogens is 332 g/mol. The maximum Gasteiger partial charge on any atom is 0.345 e. The van der Waals surface area contributed by atoms with E-state index in [1.54, 1.807) is 17.2 Å². The van der Waals surface area contributed by atoms with Crippen molar-refractivity contribution in [2.24, 2.45) is 0 Å². The van der Waals surface area contributed by atoms with Crippen molar-refractivity contribution in [3.05, 3.63) is 70.9 Å². The van der Waals surface area contributed by atoms with E-state index < -0.39 is 0 Å². The molecule has 1 aromatic carbocycles. The molecular formula is C18H18N6O2. The third-order valence-electron chi connectivity index (χ3n) is 4.66. The molecule has 1 fully saturated rings. The van der Waals surface area contributed by atoms with E-state index in [0.717, 1.165) is 24.2 Å². The molecule has 1 N–H and O–H groups in total. The lowest BCUT2D eigenvalue weighted by Gasteiger charge is -2.32. The van der Waals surface area contributed by atoms with Crippen molar-refractivity contribution >= 4 is 5.91 Å². The summed E-state index contributed by atoms with van der Waals surface area (Å²) >= 11 is 0. The van der Waals surface area contributed by atoms with Gasteiger partial charge in [-0.2, -0.15) is 0 Å². The van der Waals surface area contributed by atoms with Crippen molar-refractivity contribution in [2.75, 3.05) is 13.1 Å². The summed E-state index contributed by atoms with van der Waals surface area (Å²) in [6.07, 6.45) is 6.54. The first-order valence-corrected chi connectivity index (χ1v) is 8.50. The lowest BCUT2D eigenvalue weighted by molar-refractivity contribution is 0.0706. The van der Waals surface area contributed by atoms with Crippen LogP contribution >= 0.6 is 0 Å². The number of likely N-dealkylation sites (tertiary alicyclic amines) is 1. The van der Waals surface area contributed by atoms with E-state index in [1.165, 1.54) is 6.20 Å². The van der Waals surface area contributed by atoms with Crippen molar-refractivity contribution in [1.82, 2.24) is 29.6 Å². The molecule has 1 atom stereocenters. The maximum absolute atomic E-state index is 13.0. The number of rotatable bonds is 3. The van der Waals surface area contributed by atoms with E-state index in [1.807, 2.05) is 35.2 Å². The van der Waals surface area contributed by atoms with Crippen LogP contribution in [0.2, 0.25) is 0 Å². The Bertz CT molecular complexity index is 966. The standard InChI is InChI=1S/C18H18N6O2/c25-17(13-3-1-5-15(9-13)24-11-20-21-12-24)23-8-2-4-14(10-23)16-6-7-19-18(26)22-16/h1,3,5-7,9,11-12,14H,2,4,8,10H2,(H,19,22,26)/t14-/m0/s1. The van der Waals surface area contributed by atoms with Crippen molar-refractivity contribution in [3.8, 4) is 5.69 Å². The summed E-state index contributed by atoms with van der Waals surface area (Å²) < 4.78 is 1.76. The summed E-state index contributed by atoms with van der Waals surface area (Å²) in [6.45, 7) is 1.29. The Morgan fingerprint density at radius 3 is 2.85 bits per heavy atom. The fraction of sp³-hybridized carbons (Fsp3) is 0.278. The number of piperidine rings is 1. The van der Waals surface area contributed by atoms with Gasteiger partial charge >= 0.3 is 5.69 Å². The van der Waals surface area contributed by atoms with Gasteiger partial charge in [0.25, 0.3) is 5.91 Å². The summed E-state index contributed by atoms with van der Waals surface area (Å²) in [7, 11) is 0. The molecule has 4 rings (SSSR count). The van der Waals surface area contributed by atoms with Crippen LogP contribution in [0.25, 0.3) is 5.69 Å². The van der Waals surface area contributed by atoms with Gasteiger partial charge in [0.1, 0.15) is 12.7 Å². The van der Waals surface area contributed by atoms with Gasteiger partial charge in [-0.3, -0.25) is 9.36 Å². The number of aromatic amines is 1. The number of benzene rings is 1. The van der Waals surface area contributed by atoms with Crippen LogP contribution in [-0.4, -0.2) is 48.6 Å². The van der Waals surface area contributed by atoms with E-state index in [9.17, 15) is 9.59 Å². The molecule has 1 amide bonds. The molecule has 0 aliphatic carbocycles. The highest BCUT2D eigenvalue weighted by atomic mass is 16.2. The van der Waals surface area contributed by atoms with Gasteiger partial charge in [-0.25, -0.2) is 9.78 Å². The number of hydrogen-bond acceptors (Lipinski definition) is 5. The third-order valence-corrected chi connectivity index (χ3v) is 4.66. The van der Waals surface area contributed by atoms with Crippen LogP contribution in [0.15, 0.2) is 54.0 Å². The molecule has 2 aromatic heterocycles. The number of nitrogens with one attached hydrogen (secondary N) is 1. The summed E-state index contributed by atoms with van der Waals surface area (Å²) in [5, 5.41) is 7.59. The smallest absolute Gasteiger partial charge is 0.338 e. The maximum atomic E-state index is 13.0. The zero-order valence-corrected chi connectivity index (χ0v) is 14.1. The Labute approximate surface area is 149 Å². The molecule has 0 bridgehead atoms. The zero-order valence-electron chi connectivity index (χ0n) is 14.1. The highest BCUT2D eigenvalue weighted by Crippen LogP contribution is 2.26. The third kappa shape index (κ3) is 3.26. The Kier molecular flexibility index (Phi) is 4.30. The Balaban J connectivity index is 1.54. The second-order valence-electron chi connectivity index (χ2n) is 6.34. The van der Waals surface area contributed by atoms with E-state index in [4.69, 9.17) is 0 Å². The van der Waals surface area contributed by atoms with Gasteiger partial charge in [0.2, 0.25) is 0 Å². The van der Waals surface area contributed by atoms with Gasteiger partial charge in [-0.15, -0.1) is 10.2 Å². The first-order chi connectivity index (χ1) is 12.7. The average molecular weight is 350 g/mol. The molecule has 3 aromatic rings. The Morgan fingerprint density at radius 1 is 1.19 bits per heavy atom. The molecule has 132 valence electrons. The number of carbonyl (C=O) groups excluding carboxylic acids is 1. The lowest BCUT2D eigenvalue weighted by atomic mass is 9.94. The monoisotopic (exact) mass is 350 g/mol. The number of nitrogens with zero attached hydrogens (tertiary/aromatic N) is 5. The van der Waals surface area contributed by atoms with Gasteiger partial charge in [0, 0.05) is 42.1 Å². The van der Waals surface area contributed by atoms with Crippen LogP contribution in [0.3, 0.4) is 0 Å². The Hall–Kier alpha value is -3.29. The van der Waals surface area contributed by atoms with Crippen molar-refractivity contribution in [3.63, 3.8) is 0 Å². The van der Waals surface area contributed by atoms with Gasteiger partial charge in [-0.05, 0) is 37.1 Å². The van der Waals surface area contributed by atoms with E-state index in [2.05, 4.69) is 20.2 Å². The van der Waals surface area contributed by atoms with Crippen molar-refractivity contribution < 1.29 is 4.79 Å². The molecule has 1 saturated heterocycles. The minimum absolute atomic E-state index is 0.0129. The first kappa shape index (κ1) is 16.2. The number of H-pyrrole nitrogens is 1. The molecule has 1 aliphatic rings. The van der Waals surface area contributed by atoms with E-state index in [-0.39, 0.29) is 17.5 Å². The molecule has 8 heteroatoms. The number of amides is 1. The average Bonchev–Trinajstić information content (AvgIpc) is 3.22. The van der Waals surface area contributed by atoms with Crippen molar-refractivity contribution in [2.45, 2.75) is 18.8 Å². The lowest BCUT2D eigenvalue weighted by Crippen LogP contribution is -2.39. The molecule has 0 radical (unpaired) electrons. The Morgan fingerprint density at radius 2 is 2.04 bits per heavy atom. The van der Waals surface area contributed by atoms with Crippen molar-refractivity contribution in [1.29, 1.82) is 0 Å². The fourth-order valence-corrected chi connectivity index (χ4v) is 3.35. The highest BCUT2D eigenvalue weighted by molar-refractivity contribution is 5.94. The zero-order chi connectivity index (χ0) is 17.9. The molecule has 3 heterocycles. The second-order valence-corrected chi connectivity index (χ2v) is 6.34. The summed E-state index contributed by atoms with van der Waals surface area (Å²) in [6, 6.07) is 9.22. The molecule has 0 saturated carbocycles. The van der Waals surface area contributed by atoms with Crippen LogP contribution in [0.1, 0.15) is 34.8 Å². The minimum atomic E-state index is -0.354. The van der Waals surface area contributed by atoms with Crippen LogP contribution < -0.4 is 5.69 Å². The first-order valence-electron chi connectivity index (χ1n) is 8.50. The second kappa shape index (κ2) is 6.91. The van der Waals surface area contributed by atoms with Crippen LogP contribution in [-0.2, 0) is 0 Å². The largest absolute Gasteiger partial charge is 0.345 e. The SMILES string of the molecule is O=C(c1cccc(-n2cnnc2)c1)N1CCC[C@H](c2ccnc(=O)[nH]2)C1. The van der Waals surface area contributed by atoms with Gasteiger partial charge in [0.15, 0.2) is 0 Å². The fourth-order valence-electron chi connectivity index (χ4n) is 3.35. The number of hydrogen-bond donors (Lipinski definition) is 1. The topological polar surface area (TPSA) is 96.8 Å². The van der Waals surface area contributed by atoms with Crippen LogP contribution in [0, 0.1) is 0 Å². The van der Waals surface area contributed by atoms with Gasteiger partial charge in [0.05, 0.1) is 0 Å². The molecule has 26 heavy (non-hydrogen) atoms. The molecule has 0 unspecified atom stereocenters. The number of aromatic nitrogens is 5. The van der Waals surface area contributed by atoms with Crippen LogP contribution in [0.4, 0.5) is 0 Å². The van der Waals surface area contributed by atoms with Gasteiger partial charge in [-0.1, -0.05) is 6.07 Å². The summed E-state index contributed by atoms with van der Waals surface area (Å²) in [5.41, 5.74) is 1.95. The minimum Gasteiger partial charge on any atom is -0.338 e. The molecule has 1 aliphatic heterocycles. The molecule has 8 nitrogen and oxygen atoms in total. The predicted molar refractivity (Wildman–Crippen MR) is 94.1 cm³/mol. The summed E-state index contributed by atoms with van der Waals surface area (Å²) in [4.78, 5) is 32.7.